The van der Waals surface area contributed by atoms with Gasteiger partial charge >= 0.3 is 0 Å². The van der Waals surface area contributed by atoms with Crippen LogP contribution in [-0.4, -0.2) is 6.04 Å². The summed E-state index contributed by atoms with van der Waals surface area (Å²) in [6.45, 7) is 10.5. The number of fused-ring (bicyclic) bond motifs is 1. The van der Waals surface area contributed by atoms with E-state index in [1.165, 1.54) is 22.3 Å². The molecule has 28 heavy (non-hydrogen) atoms. The van der Waals surface area contributed by atoms with Gasteiger partial charge in [-0.3, -0.25) is 5.32 Å². The van der Waals surface area contributed by atoms with Crippen molar-refractivity contribution in [3.8, 4) is 11.1 Å². The molecule has 4 rings (SSSR count). The maximum Gasteiger partial charge on any atom is 0.103 e. The highest BCUT2D eigenvalue weighted by Gasteiger charge is 2.21. The fourth-order valence-electron chi connectivity index (χ4n) is 3.03. The Morgan fingerprint density at radius 3 is 2.18 bits per heavy atom. The van der Waals surface area contributed by atoms with Gasteiger partial charge in [0.15, 0.2) is 0 Å². The summed E-state index contributed by atoms with van der Waals surface area (Å²) in [5.74, 6) is 0. The maximum absolute atomic E-state index is 3.61. The first-order valence-corrected chi connectivity index (χ1v) is 9.37. The molecule has 0 fully saturated rings. The fourth-order valence-corrected chi connectivity index (χ4v) is 3.03. The van der Waals surface area contributed by atoms with Gasteiger partial charge in [0.2, 0.25) is 0 Å². The van der Waals surface area contributed by atoms with Crippen molar-refractivity contribution in [2.24, 2.45) is 0 Å². The van der Waals surface area contributed by atoms with Crippen molar-refractivity contribution in [3.63, 3.8) is 0 Å². The summed E-state index contributed by atoms with van der Waals surface area (Å²) in [4.78, 5) is 0. The van der Waals surface area contributed by atoms with Crippen LogP contribution in [0.4, 0.5) is 0 Å². The normalized spacial score (nSPS) is 19.2. The van der Waals surface area contributed by atoms with E-state index in [2.05, 4.69) is 109 Å². The summed E-state index contributed by atoms with van der Waals surface area (Å²) >= 11 is 0. The van der Waals surface area contributed by atoms with E-state index in [-0.39, 0.29) is 6.17 Å². The van der Waals surface area contributed by atoms with Gasteiger partial charge in [0, 0.05) is 6.20 Å². The van der Waals surface area contributed by atoms with E-state index in [0.717, 1.165) is 5.57 Å². The molecule has 0 amide bonds. The molecule has 2 nitrogen and oxygen atoms in total. The topological polar surface area (TPSA) is 24.1 Å². The van der Waals surface area contributed by atoms with E-state index in [4.69, 9.17) is 0 Å². The van der Waals surface area contributed by atoms with Gasteiger partial charge < -0.3 is 5.32 Å². The lowest BCUT2D eigenvalue weighted by atomic mass is 9.98. The van der Waals surface area contributed by atoms with Crippen LogP contribution in [-0.2, 0) is 0 Å². The number of nitrogens with one attached hydrogen (secondary N) is 2. The van der Waals surface area contributed by atoms with Crippen molar-refractivity contribution in [1.82, 2.24) is 10.6 Å². The Bertz CT molecular complexity index is 905. The summed E-state index contributed by atoms with van der Waals surface area (Å²) in [5, 5.41) is 7.05. The van der Waals surface area contributed by atoms with Crippen LogP contribution in [0, 0.1) is 0 Å². The minimum absolute atomic E-state index is 0.148. The lowest BCUT2D eigenvalue weighted by Gasteiger charge is -2.31. The van der Waals surface area contributed by atoms with Crippen LogP contribution < -0.4 is 10.6 Å². The summed E-state index contributed by atoms with van der Waals surface area (Å²) in [7, 11) is 0. The van der Waals surface area contributed by atoms with E-state index in [0.29, 0.717) is 6.04 Å². The lowest BCUT2D eigenvalue weighted by molar-refractivity contribution is 0.449. The third kappa shape index (κ3) is 4.87. The second-order valence-corrected chi connectivity index (χ2v) is 6.60. The Hall–Kier alpha value is -3.36. The summed E-state index contributed by atoms with van der Waals surface area (Å²) in [6, 6.07) is 19.5. The van der Waals surface area contributed by atoms with E-state index in [1.807, 2.05) is 6.07 Å². The molecular formula is C26H26N2. The van der Waals surface area contributed by atoms with Gasteiger partial charge in [-0.25, -0.2) is 0 Å². The Labute approximate surface area is 168 Å². The number of hydrogen-bond donors (Lipinski definition) is 2. The van der Waals surface area contributed by atoms with Crippen molar-refractivity contribution in [3.05, 3.63) is 134 Å². The number of benzene rings is 2. The fraction of sp³-hybridized carbons (Fsp3) is 0.0769. The molecule has 2 unspecified atom stereocenters. The van der Waals surface area contributed by atoms with E-state index in [1.54, 1.807) is 12.2 Å². The molecule has 0 radical (unpaired) electrons. The average molecular weight is 367 g/mol. The summed E-state index contributed by atoms with van der Waals surface area (Å²) < 4.78 is 0. The third-order valence-corrected chi connectivity index (χ3v) is 4.70. The lowest BCUT2D eigenvalue weighted by Crippen LogP contribution is -2.43. The zero-order chi connectivity index (χ0) is 19.8. The van der Waals surface area contributed by atoms with Gasteiger partial charge in [0.1, 0.15) is 6.17 Å². The second kappa shape index (κ2) is 9.54. The van der Waals surface area contributed by atoms with Gasteiger partial charge in [-0.1, -0.05) is 111 Å². The number of allylic oxidation sites excluding steroid dienone is 5. The molecule has 1 heterocycles. The van der Waals surface area contributed by atoms with Crippen molar-refractivity contribution in [1.29, 1.82) is 0 Å². The molecule has 2 aromatic carbocycles. The first kappa shape index (κ1) is 19.4. The molecule has 140 valence electrons. The van der Waals surface area contributed by atoms with Crippen LogP contribution in [0.5, 0.6) is 0 Å². The van der Waals surface area contributed by atoms with E-state index in [9.17, 15) is 0 Å². The van der Waals surface area contributed by atoms with Crippen molar-refractivity contribution in [2.75, 3.05) is 0 Å². The summed E-state index contributed by atoms with van der Waals surface area (Å²) in [5.41, 5.74) is 5.89. The Kier molecular flexibility index (Phi) is 6.61. The van der Waals surface area contributed by atoms with Crippen LogP contribution in [0.15, 0.2) is 128 Å². The second-order valence-electron chi connectivity index (χ2n) is 6.60. The highest BCUT2D eigenvalue weighted by molar-refractivity contribution is 5.63. The van der Waals surface area contributed by atoms with Gasteiger partial charge in [-0.15, -0.1) is 0 Å². The predicted octanol–water partition coefficient (Wildman–Crippen LogP) is 5.84. The standard InChI is InChI=1S/C20H18N2.C6H8/c1-2-6-15(7-3-1)16-10-12-17(13-11-16)20-21-14-18-8-4-5-9-19(18)22-20;1-4-6(3)5-2/h1-14,19-22H;4-5H,1-3H2. The molecule has 2 aromatic rings. The van der Waals surface area contributed by atoms with Crippen LogP contribution in [0.25, 0.3) is 11.1 Å². The predicted molar refractivity (Wildman–Crippen MR) is 121 cm³/mol. The molecular weight excluding hydrogens is 340 g/mol. The smallest absolute Gasteiger partial charge is 0.103 e. The largest absolute Gasteiger partial charge is 0.372 e. The Morgan fingerprint density at radius 1 is 0.857 bits per heavy atom. The Balaban J connectivity index is 0.000000330. The zero-order valence-electron chi connectivity index (χ0n) is 16.0. The van der Waals surface area contributed by atoms with Gasteiger partial charge in [-0.2, -0.15) is 0 Å². The highest BCUT2D eigenvalue weighted by Crippen LogP contribution is 2.24. The van der Waals surface area contributed by atoms with Gasteiger partial charge in [-0.05, 0) is 27.8 Å². The van der Waals surface area contributed by atoms with Crippen LogP contribution >= 0.6 is 0 Å². The molecule has 0 spiro atoms. The third-order valence-electron chi connectivity index (χ3n) is 4.70. The molecule has 2 atom stereocenters. The molecule has 0 saturated carbocycles. The van der Waals surface area contributed by atoms with Gasteiger partial charge in [0.25, 0.3) is 0 Å². The highest BCUT2D eigenvalue weighted by atomic mass is 15.2. The van der Waals surface area contributed by atoms with E-state index >= 15 is 0 Å². The van der Waals surface area contributed by atoms with Crippen molar-refractivity contribution < 1.29 is 0 Å². The molecule has 1 aliphatic heterocycles. The maximum atomic E-state index is 3.61. The molecule has 2 aliphatic rings. The minimum atomic E-state index is 0.148. The number of hydrogen-bond acceptors (Lipinski definition) is 2. The first-order valence-electron chi connectivity index (χ1n) is 9.37. The zero-order valence-corrected chi connectivity index (χ0v) is 16.0. The summed E-state index contributed by atoms with van der Waals surface area (Å²) in [6.07, 6.45) is 14.1. The quantitative estimate of drug-likeness (QED) is 0.665. The SMILES string of the molecule is C1=CC2=CNC(c3ccc(-c4ccccc4)cc3)NC2C=C1.C=CC(=C)C=C. The Morgan fingerprint density at radius 2 is 1.54 bits per heavy atom. The molecule has 2 heteroatoms. The molecule has 2 N–H and O–H groups in total. The molecule has 0 bridgehead atoms. The van der Waals surface area contributed by atoms with Crippen LogP contribution in [0.2, 0.25) is 0 Å². The van der Waals surface area contributed by atoms with Gasteiger partial charge in [0.05, 0.1) is 6.04 Å². The first-order chi connectivity index (χ1) is 13.7. The van der Waals surface area contributed by atoms with Crippen molar-refractivity contribution >= 4 is 0 Å². The number of rotatable bonds is 4. The molecule has 1 aliphatic carbocycles. The minimum Gasteiger partial charge on any atom is -0.372 e. The van der Waals surface area contributed by atoms with Crippen LogP contribution in [0.1, 0.15) is 11.7 Å². The monoisotopic (exact) mass is 366 g/mol. The van der Waals surface area contributed by atoms with Crippen molar-refractivity contribution in [2.45, 2.75) is 12.2 Å². The average Bonchev–Trinajstić information content (AvgIpc) is 2.79. The molecule has 0 aromatic heterocycles. The molecule has 0 saturated heterocycles. The van der Waals surface area contributed by atoms with Crippen LogP contribution in [0.3, 0.4) is 0 Å². The van der Waals surface area contributed by atoms with E-state index < -0.39 is 0 Å².